The third-order valence-electron chi connectivity index (χ3n) is 7.36. The van der Waals surface area contributed by atoms with Gasteiger partial charge in [-0.1, -0.05) is 55.0 Å². The van der Waals surface area contributed by atoms with E-state index in [0.29, 0.717) is 19.5 Å². The molecule has 0 unspecified atom stereocenters. The predicted molar refractivity (Wildman–Crippen MR) is 144 cm³/mol. The third-order valence-corrected chi connectivity index (χ3v) is 7.36. The van der Waals surface area contributed by atoms with Crippen LogP contribution >= 0.6 is 0 Å². The molecule has 2 aromatic rings. The van der Waals surface area contributed by atoms with Crippen LogP contribution in [0.5, 0.6) is 0 Å². The van der Waals surface area contributed by atoms with Gasteiger partial charge >= 0.3 is 18.2 Å². The van der Waals surface area contributed by atoms with E-state index >= 15 is 0 Å². The van der Waals surface area contributed by atoms with E-state index in [2.05, 4.69) is 29.6 Å². The summed E-state index contributed by atoms with van der Waals surface area (Å²) in [6, 6.07) is 16.3. The molecule has 1 saturated carbocycles. The largest absolute Gasteiger partial charge is 0.481 e. The number of carboxylic acids is 1. The van der Waals surface area contributed by atoms with Crippen LogP contribution in [0.4, 0.5) is 9.59 Å². The van der Waals surface area contributed by atoms with Gasteiger partial charge in [-0.05, 0) is 62.3 Å². The van der Waals surface area contributed by atoms with Crippen molar-refractivity contribution in [1.29, 1.82) is 0 Å². The summed E-state index contributed by atoms with van der Waals surface area (Å²) in [5, 5.41) is 12.0. The standard InChI is InChI=1S/C30H38N2O6/c1-29(2,3)38-27(35)31-19-30(15-9-16-30)20-32(17-8-14-26(33)34)28(36)37-18-25-23-12-6-4-10-21(23)22-11-5-7-13-24(22)25/h4-7,10-13,25H,8-9,14-20H2,1-3H3,(H,31,35)(H,33,34). The van der Waals surface area contributed by atoms with Crippen molar-refractivity contribution in [3.8, 4) is 11.1 Å². The molecule has 0 aliphatic heterocycles. The Labute approximate surface area is 224 Å². The summed E-state index contributed by atoms with van der Waals surface area (Å²) in [6.45, 7) is 6.68. The third kappa shape index (κ3) is 6.65. The van der Waals surface area contributed by atoms with E-state index < -0.39 is 23.8 Å². The Morgan fingerprint density at radius 1 is 1.03 bits per heavy atom. The Bertz CT molecular complexity index is 1120. The highest BCUT2D eigenvalue weighted by Crippen LogP contribution is 2.45. The Hall–Kier alpha value is -3.55. The van der Waals surface area contributed by atoms with Gasteiger partial charge in [0.05, 0.1) is 0 Å². The molecule has 0 spiro atoms. The molecule has 0 radical (unpaired) electrons. The predicted octanol–water partition coefficient (Wildman–Crippen LogP) is 5.80. The summed E-state index contributed by atoms with van der Waals surface area (Å²) in [5.74, 6) is -0.957. The molecule has 204 valence electrons. The lowest BCUT2D eigenvalue weighted by Crippen LogP contribution is -2.51. The second-order valence-electron chi connectivity index (χ2n) is 11.4. The molecule has 0 aromatic heterocycles. The number of nitrogens with zero attached hydrogens (tertiary/aromatic N) is 1. The van der Waals surface area contributed by atoms with Crippen molar-refractivity contribution in [3.05, 3.63) is 59.7 Å². The highest BCUT2D eigenvalue weighted by atomic mass is 16.6. The quantitative estimate of drug-likeness (QED) is 0.409. The van der Waals surface area contributed by atoms with Crippen LogP contribution in [0, 0.1) is 5.41 Å². The summed E-state index contributed by atoms with van der Waals surface area (Å²) in [4.78, 5) is 38.4. The molecule has 2 N–H and O–H groups in total. The molecular weight excluding hydrogens is 484 g/mol. The van der Waals surface area contributed by atoms with E-state index in [-0.39, 0.29) is 30.9 Å². The molecular formula is C30H38N2O6. The number of fused-ring (bicyclic) bond motifs is 3. The van der Waals surface area contributed by atoms with Crippen LogP contribution in [-0.2, 0) is 14.3 Å². The minimum atomic E-state index is -0.901. The van der Waals surface area contributed by atoms with Gasteiger partial charge in [0.1, 0.15) is 12.2 Å². The highest BCUT2D eigenvalue weighted by Gasteiger charge is 2.41. The molecule has 8 heteroatoms. The van der Waals surface area contributed by atoms with Gasteiger partial charge in [-0.3, -0.25) is 4.79 Å². The zero-order valence-electron chi connectivity index (χ0n) is 22.5. The average Bonchev–Trinajstić information content (AvgIpc) is 3.15. The first-order chi connectivity index (χ1) is 18.1. The Morgan fingerprint density at radius 3 is 2.16 bits per heavy atom. The van der Waals surface area contributed by atoms with Crippen LogP contribution in [0.25, 0.3) is 11.1 Å². The van der Waals surface area contributed by atoms with Crippen LogP contribution in [0.15, 0.2) is 48.5 Å². The molecule has 2 amide bonds. The van der Waals surface area contributed by atoms with Crippen molar-refractivity contribution in [2.75, 3.05) is 26.2 Å². The van der Waals surface area contributed by atoms with Crippen molar-refractivity contribution >= 4 is 18.2 Å². The fourth-order valence-corrected chi connectivity index (χ4v) is 5.39. The Kier molecular flexibility index (Phi) is 8.29. The zero-order chi connectivity index (χ0) is 27.3. The number of hydrogen-bond donors (Lipinski definition) is 2. The van der Waals surface area contributed by atoms with Gasteiger partial charge in [0.15, 0.2) is 0 Å². The second-order valence-corrected chi connectivity index (χ2v) is 11.4. The van der Waals surface area contributed by atoms with Crippen LogP contribution < -0.4 is 5.32 Å². The van der Waals surface area contributed by atoms with Crippen molar-refractivity contribution < 1.29 is 29.0 Å². The van der Waals surface area contributed by atoms with Crippen molar-refractivity contribution in [2.24, 2.45) is 5.41 Å². The molecule has 38 heavy (non-hydrogen) atoms. The molecule has 2 aromatic carbocycles. The molecule has 0 heterocycles. The monoisotopic (exact) mass is 522 g/mol. The molecule has 2 aliphatic carbocycles. The smallest absolute Gasteiger partial charge is 0.409 e. The second kappa shape index (κ2) is 11.5. The van der Waals surface area contributed by atoms with Gasteiger partial charge < -0.3 is 24.8 Å². The number of carbonyl (C=O) groups is 3. The minimum Gasteiger partial charge on any atom is -0.481 e. The summed E-state index contributed by atoms with van der Waals surface area (Å²) in [6.07, 6.45) is 2.07. The van der Waals surface area contributed by atoms with E-state index in [1.165, 1.54) is 0 Å². The molecule has 8 nitrogen and oxygen atoms in total. The topological polar surface area (TPSA) is 105 Å². The molecule has 1 fully saturated rings. The molecule has 2 aliphatic rings. The number of amides is 2. The number of rotatable bonds is 10. The highest BCUT2D eigenvalue weighted by molar-refractivity contribution is 5.79. The van der Waals surface area contributed by atoms with E-state index in [1.54, 1.807) is 4.90 Å². The molecule has 0 atom stereocenters. The van der Waals surface area contributed by atoms with E-state index in [1.807, 2.05) is 45.0 Å². The van der Waals surface area contributed by atoms with Crippen LogP contribution in [0.1, 0.15) is 69.9 Å². The number of carboxylic acid groups (broad SMARTS) is 1. The Morgan fingerprint density at radius 2 is 1.63 bits per heavy atom. The lowest BCUT2D eigenvalue weighted by molar-refractivity contribution is -0.137. The van der Waals surface area contributed by atoms with Crippen LogP contribution in [0.3, 0.4) is 0 Å². The maximum atomic E-state index is 13.4. The first-order valence-corrected chi connectivity index (χ1v) is 13.4. The van der Waals surface area contributed by atoms with Crippen LogP contribution in [0.2, 0.25) is 0 Å². The van der Waals surface area contributed by atoms with Crippen molar-refractivity contribution in [2.45, 2.75) is 64.4 Å². The summed E-state index contributed by atoms with van der Waals surface area (Å²) in [7, 11) is 0. The number of ether oxygens (including phenoxy) is 2. The maximum Gasteiger partial charge on any atom is 0.409 e. The number of carbonyl (C=O) groups excluding carboxylic acids is 2. The first kappa shape index (κ1) is 27.5. The maximum absolute atomic E-state index is 13.4. The van der Waals surface area contributed by atoms with Gasteiger partial charge in [0.2, 0.25) is 0 Å². The molecule has 0 bridgehead atoms. The zero-order valence-corrected chi connectivity index (χ0v) is 22.5. The summed E-state index contributed by atoms with van der Waals surface area (Å²) in [5.41, 5.74) is 3.70. The van der Waals surface area contributed by atoms with Gasteiger partial charge in [-0.15, -0.1) is 0 Å². The lowest BCUT2D eigenvalue weighted by atomic mass is 9.68. The fraction of sp³-hybridized carbons (Fsp3) is 0.500. The summed E-state index contributed by atoms with van der Waals surface area (Å²) < 4.78 is 11.3. The fourth-order valence-electron chi connectivity index (χ4n) is 5.39. The molecule has 4 rings (SSSR count). The van der Waals surface area contributed by atoms with Gasteiger partial charge in [0.25, 0.3) is 0 Å². The number of nitrogens with one attached hydrogen (secondary N) is 1. The van der Waals surface area contributed by atoms with E-state index in [4.69, 9.17) is 14.6 Å². The Balaban J connectivity index is 1.43. The van der Waals surface area contributed by atoms with E-state index in [0.717, 1.165) is 41.5 Å². The number of hydrogen-bond acceptors (Lipinski definition) is 5. The normalized spacial score (nSPS) is 15.6. The number of aliphatic carboxylic acids is 1. The first-order valence-electron chi connectivity index (χ1n) is 13.4. The molecule has 0 saturated heterocycles. The van der Waals surface area contributed by atoms with Gasteiger partial charge in [-0.2, -0.15) is 0 Å². The average molecular weight is 523 g/mol. The summed E-state index contributed by atoms with van der Waals surface area (Å²) >= 11 is 0. The van der Waals surface area contributed by atoms with Crippen molar-refractivity contribution in [1.82, 2.24) is 10.2 Å². The minimum absolute atomic E-state index is 0.0314. The SMILES string of the molecule is CC(C)(C)OC(=O)NCC1(CN(CCCC(=O)O)C(=O)OCC2c3ccccc3-c3ccccc32)CCC1. The number of alkyl carbamates (subject to hydrolysis) is 1. The van der Waals surface area contributed by atoms with Gasteiger partial charge in [-0.25, -0.2) is 9.59 Å². The lowest BCUT2D eigenvalue weighted by Gasteiger charge is -2.45. The van der Waals surface area contributed by atoms with Gasteiger partial charge in [0, 0.05) is 37.4 Å². The van der Waals surface area contributed by atoms with Crippen molar-refractivity contribution in [3.63, 3.8) is 0 Å². The van der Waals surface area contributed by atoms with Crippen LogP contribution in [-0.4, -0.2) is 60.0 Å². The number of benzene rings is 2. The van der Waals surface area contributed by atoms with E-state index in [9.17, 15) is 14.4 Å².